The van der Waals surface area contributed by atoms with Crippen LogP contribution >= 0.6 is 0 Å². The molecule has 5 rings (SSSR count). The third-order valence-electron chi connectivity index (χ3n) is 5.29. The van der Waals surface area contributed by atoms with E-state index in [1.54, 1.807) is 12.1 Å². The molecule has 0 saturated heterocycles. The fraction of sp³-hybridized carbons (Fsp3) is 0.190. The molecule has 1 atom stereocenters. The van der Waals surface area contributed by atoms with E-state index < -0.39 is 0 Å². The molecular formula is C21H19N5O. The Morgan fingerprint density at radius 2 is 1.85 bits per heavy atom. The molecule has 2 heterocycles. The van der Waals surface area contributed by atoms with E-state index in [1.165, 1.54) is 17.5 Å². The summed E-state index contributed by atoms with van der Waals surface area (Å²) in [6.45, 7) is 0. The molecule has 0 spiro atoms. The van der Waals surface area contributed by atoms with Crippen LogP contribution in [0.3, 0.4) is 0 Å². The fourth-order valence-electron chi connectivity index (χ4n) is 4.02. The van der Waals surface area contributed by atoms with E-state index in [0.717, 1.165) is 41.6 Å². The van der Waals surface area contributed by atoms with Crippen molar-refractivity contribution < 1.29 is 5.11 Å². The first-order chi connectivity index (χ1) is 13.2. The zero-order chi connectivity index (χ0) is 18.4. The number of rotatable bonds is 2. The highest BCUT2D eigenvalue weighted by atomic mass is 16.3. The Kier molecular flexibility index (Phi) is 3.57. The summed E-state index contributed by atoms with van der Waals surface area (Å²) < 4.78 is 1.99. The number of nitrogens with zero attached hydrogens (tertiary/aromatic N) is 4. The molecule has 1 unspecified atom stereocenters. The minimum Gasteiger partial charge on any atom is -0.508 e. The van der Waals surface area contributed by atoms with Crippen molar-refractivity contribution in [2.45, 2.75) is 25.3 Å². The molecule has 27 heavy (non-hydrogen) atoms. The Morgan fingerprint density at radius 1 is 1.04 bits per heavy atom. The van der Waals surface area contributed by atoms with Crippen LogP contribution in [0.5, 0.6) is 5.75 Å². The van der Waals surface area contributed by atoms with Crippen molar-refractivity contribution in [2.75, 3.05) is 5.73 Å². The first-order valence-corrected chi connectivity index (χ1v) is 9.08. The van der Waals surface area contributed by atoms with E-state index in [0.29, 0.717) is 5.82 Å². The van der Waals surface area contributed by atoms with E-state index in [4.69, 9.17) is 10.8 Å². The highest BCUT2D eigenvalue weighted by Gasteiger charge is 2.26. The summed E-state index contributed by atoms with van der Waals surface area (Å²) in [4.78, 5) is 8.69. The van der Waals surface area contributed by atoms with Crippen LogP contribution in [-0.2, 0) is 6.42 Å². The van der Waals surface area contributed by atoms with Gasteiger partial charge in [0.15, 0.2) is 5.65 Å². The van der Waals surface area contributed by atoms with Gasteiger partial charge in [0, 0.05) is 5.56 Å². The van der Waals surface area contributed by atoms with Gasteiger partial charge in [-0.15, -0.1) is 0 Å². The first kappa shape index (κ1) is 15.8. The molecule has 0 fully saturated rings. The van der Waals surface area contributed by atoms with Gasteiger partial charge in [-0.25, -0.2) is 14.6 Å². The number of nitrogen functional groups attached to an aromatic ring is 1. The normalized spacial score (nSPS) is 16.4. The van der Waals surface area contributed by atoms with Gasteiger partial charge in [-0.2, -0.15) is 5.10 Å². The van der Waals surface area contributed by atoms with E-state index in [9.17, 15) is 5.11 Å². The summed E-state index contributed by atoms with van der Waals surface area (Å²) in [7, 11) is 0. The minimum atomic E-state index is 0.123. The Balaban J connectivity index is 1.75. The number of aromatic nitrogens is 4. The summed E-state index contributed by atoms with van der Waals surface area (Å²) in [6.07, 6.45) is 4.70. The highest BCUT2D eigenvalue weighted by molar-refractivity contribution is 5.98. The molecular weight excluding hydrogens is 338 g/mol. The van der Waals surface area contributed by atoms with Crippen LogP contribution in [0.15, 0.2) is 54.9 Å². The monoisotopic (exact) mass is 357 g/mol. The molecule has 2 aromatic carbocycles. The maximum atomic E-state index is 9.61. The first-order valence-electron chi connectivity index (χ1n) is 9.08. The van der Waals surface area contributed by atoms with Crippen LogP contribution in [0, 0.1) is 0 Å². The fourth-order valence-corrected chi connectivity index (χ4v) is 4.02. The Morgan fingerprint density at radius 3 is 2.70 bits per heavy atom. The van der Waals surface area contributed by atoms with Gasteiger partial charge in [-0.3, -0.25) is 0 Å². The van der Waals surface area contributed by atoms with Gasteiger partial charge in [0.2, 0.25) is 0 Å². The highest BCUT2D eigenvalue weighted by Crippen LogP contribution is 2.38. The van der Waals surface area contributed by atoms with E-state index >= 15 is 0 Å². The van der Waals surface area contributed by atoms with E-state index in [2.05, 4.69) is 34.2 Å². The predicted molar refractivity (Wildman–Crippen MR) is 104 cm³/mol. The van der Waals surface area contributed by atoms with Gasteiger partial charge in [-0.1, -0.05) is 24.3 Å². The Bertz CT molecular complexity index is 1130. The van der Waals surface area contributed by atoms with Gasteiger partial charge in [0.1, 0.15) is 23.6 Å². The lowest BCUT2D eigenvalue weighted by Crippen LogP contribution is -2.18. The van der Waals surface area contributed by atoms with Gasteiger partial charge >= 0.3 is 0 Å². The van der Waals surface area contributed by atoms with Crippen molar-refractivity contribution in [3.05, 3.63) is 66.0 Å². The van der Waals surface area contributed by atoms with Crippen LogP contribution < -0.4 is 5.73 Å². The second kappa shape index (κ2) is 6.09. The molecule has 0 bridgehead atoms. The average molecular weight is 357 g/mol. The summed E-state index contributed by atoms with van der Waals surface area (Å²) in [6, 6.07) is 15.6. The second-order valence-corrected chi connectivity index (χ2v) is 6.90. The van der Waals surface area contributed by atoms with Gasteiger partial charge in [-0.05, 0) is 54.7 Å². The summed E-state index contributed by atoms with van der Waals surface area (Å²) in [5, 5.41) is 15.3. The lowest BCUT2D eigenvalue weighted by molar-refractivity contribution is 0.461. The van der Waals surface area contributed by atoms with Crippen LogP contribution in [0.1, 0.15) is 30.0 Å². The largest absolute Gasteiger partial charge is 0.508 e. The number of hydrogen-bond acceptors (Lipinski definition) is 5. The molecule has 1 aliphatic rings. The van der Waals surface area contributed by atoms with Crippen LogP contribution in [0.25, 0.3) is 22.3 Å². The molecule has 0 saturated carbocycles. The Labute approximate surface area is 156 Å². The third kappa shape index (κ3) is 2.52. The van der Waals surface area contributed by atoms with Gasteiger partial charge < -0.3 is 10.8 Å². The average Bonchev–Trinajstić information content (AvgIpc) is 3.09. The van der Waals surface area contributed by atoms with E-state index in [-0.39, 0.29) is 11.8 Å². The molecule has 0 amide bonds. The van der Waals surface area contributed by atoms with Crippen LogP contribution in [0.2, 0.25) is 0 Å². The zero-order valence-electron chi connectivity index (χ0n) is 14.7. The van der Waals surface area contributed by atoms with Crippen molar-refractivity contribution in [3.63, 3.8) is 0 Å². The minimum absolute atomic E-state index is 0.123. The molecule has 0 radical (unpaired) electrons. The molecule has 6 heteroatoms. The summed E-state index contributed by atoms with van der Waals surface area (Å²) in [5.74, 6) is 0.631. The third-order valence-corrected chi connectivity index (χ3v) is 5.29. The molecule has 2 aromatic heterocycles. The maximum Gasteiger partial charge on any atom is 0.164 e. The number of fused-ring (bicyclic) bond motifs is 2. The molecule has 1 aliphatic carbocycles. The van der Waals surface area contributed by atoms with Crippen molar-refractivity contribution in [1.82, 2.24) is 19.7 Å². The number of phenolic OH excluding ortho intramolecular Hbond substituents is 1. The van der Waals surface area contributed by atoms with Crippen molar-refractivity contribution >= 4 is 16.9 Å². The summed E-state index contributed by atoms with van der Waals surface area (Å²) >= 11 is 0. The molecule has 0 aliphatic heterocycles. The second-order valence-electron chi connectivity index (χ2n) is 6.90. The number of nitrogens with two attached hydrogens (primary N) is 1. The predicted octanol–water partition coefficient (Wildman–Crippen LogP) is 3.71. The lowest BCUT2D eigenvalue weighted by atomic mass is 9.88. The smallest absolute Gasteiger partial charge is 0.164 e. The maximum absolute atomic E-state index is 9.61. The number of anilines is 1. The number of aryl methyl sites for hydroxylation is 1. The van der Waals surface area contributed by atoms with Crippen molar-refractivity contribution in [1.29, 1.82) is 0 Å². The van der Waals surface area contributed by atoms with Gasteiger partial charge in [0.25, 0.3) is 0 Å². The quantitative estimate of drug-likeness (QED) is 0.571. The summed E-state index contributed by atoms with van der Waals surface area (Å²) in [5.41, 5.74) is 11.2. The van der Waals surface area contributed by atoms with Crippen molar-refractivity contribution in [2.24, 2.45) is 0 Å². The van der Waals surface area contributed by atoms with Crippen LogP contribution in [0.4, 0.5) is 5.82 Å². The number of benzene rings is 2. The van der Waals surface area contributed by atoms with E-state index in [1.807, 2.05) is 16.8 Å². The molecule has 3 N–H and O–H groups in total. The lowest BCUT2D eigenvalue weighted by Gasteiger charge is -2.26. The Hall–Kier alpha value is -3.41. The number of hydrogen-bond donors (Lipinski definition) is 2. The number of phenols is 1. The number of aromatic hydroxyl groups is 1. The van der Waals surface area contributed by atoms with Gasteiger partial charge in [0.05, 0.1) is 11.4 Å². The van der Waals surface area contributed by atoms with Crippen LogP contribution in [-0.4, -0.2) is 24.9 Å². The standard InChI is InChI=1S/C21H19N5O/c22-20-18-19(14-8-10-15(27)11-9-14)25-26(21(18)24-12-23-20)17-7-3-5-13-4-1-2-6-16(13)17/h1-2,4,6,8-12,17,27H,3,5,7H2,(H2,22,23,24). The molecule has 6 nitrogen and oxygen atoms in total. The molecule has 134 valence electrons. The van der Waals surface area contributed by atoms with Crippen molar-refractivity contribution in [3.8, 4) is 17.0 Å². The topological polar surface area (TPSA) is 89.8 Å². The zero-order valence-corrected chi connectivity index (χ0v) is 14.7. The molecule has 4 aromatic rings. The SMILES string of the molecule is Nc1ncnc2c1c(-c1ccc(O)cc1)nn2C1CCCc2ccccc21.